The highest BCUT2D eigenvalue weighted by atomic mass is 32.2. The van der Waals surface area contributed by atoms with Crippen molar-refractivity contribution in [1.29, 1.82) is 0 Å². The maximum Gasteiger partial charge on any atom is 0.269 e. The number of hydrazine groups is 1. The van der Waals surface area contributed by atoms with E-state index in [1.807, 2.05) is 26.0 Å². The number of aryl methyl sites for hydroxylation is 2. The molecule has 2 amide bonds. The van der Waals surface area contributed by atoms with Gasteiger partial charge >= 0.3 is 0 Å². The summed E-state index contributed by atoms with van der Waals surface area (Å²) in [5.74, 6) is 0.533. The second kappa shape index (κ2) is 8.39. The van der Waals surface area contributed by atoms with Crippen molar-refractivity contribution in [1.82, 2.24) is 10.9 Å². The molecule has 0 aliphatic carbocycles. The molecule has 0 fully saturated rings. The first-order chi connectivity index (χ1) is 11.1. The molecule has 4 nitrogen and oxygen atoms in total. The Hall–Kier alpha value is -2.27. The van der Waals surface area contributed by atoms with Gasteiger partial charge in [-0.3, -0.25) is 20.4 Å². The van der Waals surface area contributed by atoms with E-state index in [1.54, 1.807) is 12.1 Å². The Morgan fingerprint density at radius 2 is 1.65 bits per heavy atom. The molecule has 0 spiro atoms. The summed E-state index contributed by atoms with van der Waals surface area (Å²) in [6, 6.07) is 15.5. The average Bonchev–Trinajstić information content (AvgIpc) is 2.55. The molecular weight excluding hydrogens is 308 g/mol. The Bertz CT molecular complexity index is 684. The molecule has 0 heterocycles. The summed E-state index contributed by atoms with van der Waals surface area (Å²) in [7, 11) is 0. The number of carbonyl (C=O) groups excluding carboxylic acids is 2. The van der Waals surface area contributed by atoms with Gasteiger partial charge in [-0.15, -0.1) is 11.8 Å². The molecule has 0 aliphatic heterocycles. The zero-order valence-corrected chi connectivity index (χ0v) is 14.1. The van der Waals surface area contributed by atoms with E-state index in [4.69, 9.17) is 0 Å². The van der Waals surface area contributed by atoms with Gasteiger partial charge in [0, 0.05) is 11.3 Å². The van der Waals surface area contributed by atoms with Gasteiger partial charge in [0.25, 0.3) is 5.91 Å². The number of rotatable bonds is 5. The van der Waals surface area contributed by atoms with Crippen molar-refractivity contribution in [2.24, 2.45) is 0 Å². The number of amides is 2. The molecule has 0 bridgehead atoms. The van der Waals surface area contributed by atoms with E-state index in [2.05, 4.69) is 35.1 Å². The van der Waals surface area contributed by atoms with Gasteiger partial charge in [0.2, 0.25) is 5.91 Å². The molecule has 23 heavy (non-hydrogen) atoms. The normalized spacial score (nSPS) is 10.2. The van der Waals surface area contributed by atoms with Crippen molar-refractivity contribution in [3.05, 3.63) is 70.8 Å². The van der Waals surface area contributed by atoms with E-state index in [1.165, 1.54) is 22.9 Å². The molecule has 2 rings (SSSR count). The highest BCUT2D eigenvalue weighted by Gasteiger charge is 2.09. The number of thioether (sulfide) groups is 1. The minimum Gasteiger partial charge on any atom is -0.272 e. The van der Waals surface area contributed by atoms with E-state index in [0.29, 0.717) is 11.3 Å². The second-order valence-corrected chi connectivity index (χ2v) is 6.28. The highest BCUT2D eigenvalue weighted by molar-refractivity contribution is 7.99. The van der Waals surface area contributed by atoms with E-state index in [-0.39, 0.29) is 11.8 Å². The largest absolute Gasteiger partial charge is 0.272 e. The summed E-state index contributed by atoms with van der Waals surface area (Å²) < 4.78 is 0. The minimum atomic E-state index is -0.306. The molecule has 2 aromatic carbocycles. The fraction of sp³-hybridized carbons (Fsp3) is 0.222. The van der Waals surface area contributed by atoms with Crippen molar-refractivity contribution in [3.8, 4) is 0 Å². The predicted molar refractivity (Wildman–Crippen MR) is 94.1 cm³/mol. The number of carbonyl (C=O) groups is 2. The van der Waals surface area contributed by atoms with Crippen LogP contribution in [0.3, 0.4) is 0 Å². The number of nitrogens with one attached hydrogen (secondary N) is 2. The number of hydrogen-bond donors (Lipinski definition) is 2. The van der Waals surface area contributed by atoms with Gasteiger partial charge < -0.3 is 0 Å². The molecule has 2 aromatic rings. The quantitative estimate of drug-likeness (QED) is 0.830. The molecule has 0 aromatic heterocycles. The Morgan fingerprint density at radius 3 is 2.35 bits per heavy atom. The molecular formula is C18H20N2O2S. The second-order valence-electron chi connectivity index (χ2n) is 5.30. The van der Waals surface area contributed by atoms with Crippen LogP contribution in [0.1, 0.15) is 27.0 Å². The lowest BCUT2D eigenvalue weighted by molar-refractivity contribution is -0.119. The minimum absolute atomic E-state index is 0.218. The van der Waals surface area contributed by atoms with E-state index < -0.39 is 0 Å². The van der Waals surface area contributed by atoms with Crippen LogP contribution in [-0.2, 0) is 10.5 Å². The Labute approximate surface area is 140 Å². The average molecular weight is 328 g/mol. The van der Waals surface area contributed by atoms with Gasteiger partial charge in [-0.1, -0.05) is 48.0 Å². The monoisotopic (exact) mass is 328 g/mol. The topological polar surface area (TPSA) is 58.2 Å². The Kier molecular flexibility index (Phi) is 6.23. The lowest BCUT2D eigenvalue weighted by atomic mass is 10.1. The van der Waals surface area contributed by atoms with Crippen LogP contribution in [0.15, 0.2) is 48.5 Å². The maximum atomic E-state index is 12.0. The molecule has 0 saturated carbocycles. The van der Waals surface area contributed by atoms with E-state index in [0.717, 1.165) is 11.3 Å². The van der Waals surface area contributed by atoms with Crippen LogP contribution < -0.4 is 10.9 Å². The summed E-state index contributed by atoms with van der Waals surface area (Å²) in [6.07, 6.45) is 0. The summed E-state index contributed by atoms with van der Waals surface area (Å²) in [6.45, 7) is 3.90. The lowest BCUT2D eigenvalue weighted by Crippen LogP contribution is -2.42. The molecule has 0 saturated heterocycles. The summed E-state index contributed by atoms with van der Waals surface area (Å²) in [5, 5.41) is 0. The van der Waals surface area contributed by atoms with Crippen molar-refractivity contribution >= 4 is 23.6 Å². The zero-order chi connectivity index (χ0) is 16.7. The van der Waals surface area contributed by atoms with Crippen LogP contribution >= 0.6 is 11.8 Å². The molecule has 0 radical (unpaired) electrons. The van der Waals surface area contributed by atoms with Gasteiger partial charge in [0.05, 0.1) is 5.75 Å². The fourth-order valence-electron chi connectivity index (χ4n) is 2.00. The van der Waals surface area contributed by atoms with Crippen LogP contribution in [0, 0.1) is 13.8 Å². The summed E-state index contributed by atoms with van der Waals surface area (Å²) in [5.41, 5.74) is 8.71. The van der Waals surface area contributed by atoms with Gasteiger partial charge in [0.15, 0.2) is 0 Å². The summed E-state index contributed by atoms with van der Waals surface area (Å²) in [4.78, 5) is 23.7. The first-order valence-electron chi connectivity index (χ1n) is 7.34. The zero-order valence-electron chi connectivity index (χ0n) is 13.3. The number of hydrogen-bond acceptors (Lipinski definition) is 3. The van der Waals surface area contributed by atoms with Crippen molar-refractivity contribution in [3.63, 3.8) is 0 Å². The third kappa shape index (κ3) is 5.45. The van der Waals surface area contributed by atoms with Crippen LogP contribution in [0.25, 0.3) is 0 Å². The van der Waals surface area contributed by atoms with E-state index in [9.17, 15) is 9.59 Å². The third-order valence-electron chi connectivity index (χ3n) is 3.33. The smallest absolute Gasteiger partial charge is 0.269 e. The molecule has 120 valence electrons. The first kappa shape index (κ1) is 17.1. The maximum absolute atomic E-state index is 12.0. The van der Waals surface area contributed by atoms with Gasteiger partial charge in [-0.05, 0) is 31.0 Å². The molecule has 0 unspecified atom stereocenters. The van der Waals surface area contributed by atoms with Gasteiger partial charge in [-0.25, -0.2) is 0 Å². The van der Waals surface area contributed by atoms with Crippen LogP contribution in [-0.4, -0.2) is 17.6 Å². The van der Waals surface area contributed by atoms with Crippen LogP contribution in [0.5, 0.6) is 0 Å². The van der Waals surface area contributed by atoms with Gasteiger partial charge in [-0.2, -0.15) is 0 Å². The lowest BCUT2D eigenvalue weighted by Gasteiger charge is -2.09. The molecule has 0 aliphatic rings. The Morgan fingerprint density at radius 1 is 0.957 bits per heavy atom. The SMILES string of the molecule is Cc1ccc(CSCC(=O)NNC(=O)c2ccccc2C)cc1. The molecule has 0 atom stereocenters. The standard InChI is InChI=1S/C18H20N2O2S/c1-13-7-9-15(10-8-13)11-23-12-17(21)19-20-18(22)16-6-4-3-5-14(16)2/h3-10H,11-12H2,1-2H3,(H,19,21)(H,20,22). The predicted octanol–water partition coefficient (Wildman–Crippen LogP) is 3.00. The highest BCUT2D eigenvalue weighted by Crippen LogP contribution is 2.12. The first-order valence-corrected chi connectivity index (χ1v) is 8.50. The van der Waals surface area contributed by atoms with Crippen molar-refractivity contribution in [2.45, 2.75) is 19.6 Å². The van der Waals surface area contributed by atoms with Crippen molar-refractivity contribution < 1.29 is 9.59 Å². The van der Waals surface area contributed by atoms with Gasteiger partial charge in [0.1, 0.15) is 0 Å². The third-order valence-corrected chi connectivity index (χ3v) is 4.33. The number of benzene rings is 2. The molecule has 2 N–H and O–H groups in total. The van der Waals surface area contributed by atoms with Crippen LogP contribution in [0.2, 0.25) is 0 Å². The summed E-state index contributed by atoms with van der Waals surface area (Å²) >= 11 is 1.51. The molecule has 5 heteroatoms. The van der Waals surface area contributed by atoms with Crippen molar-refractivity contribution in [2.75, 3.05) is 5.75 Å². The Balaban J connectivity index is 1.72. The fourth-order valence-corrected chi connectivity index (χ4v) is 2.79. The van der Waals surface area contributed by atoms with E-state index >= 15 is 0 Å². The van der Waals surface area contributed by atoms with Crippen LogP contribution in [0.4, 0.5) is 0 Å².